The number of nitrogens with zero attached hydrogens (tertiary/aromatic N) is 3. The Morgan fingerprint density at radius 3 is 1.71 bits per heavy atom. The first-order chi connectivity index (χ1) is 25.2. The third-order valence-corrected chi connectivity index (χ3v) is 12.3. The molecule has 4 nitrogen and oxygen atoms in total. The van der Waals surface area contributed by atoms with Crippen molar-refractivity contribution in [3.63, 3.8) is 0 Å². The molecular weight excluding hydrogens is 623 g/mol. The summed E-state index contributed by atoms with van der Waals surface area (Å²) < 4.78 is 6.13. The summed E-state index contributed by atoms with van der Waals surface area (Å²) in [4.78, 5) is 15.3. The number of para-hydroxylation sites is 1. The van der Waals surface area contributed by atoms with Gasteiger partial charge < -0.3 is 4.42 Å². The molecule has 4 aliphatic carbocycles. The van der Waals surface area contributed by atoms with E-state index in [2.05, 4.69) is 84.9 Å². The second-order valence-electron chi connectivity index (χ2n) is 15.5. The molecule has 0 aliphatic heterocycles. The van der Waals surface area contributed by atoms with E-state index >= 15 is 0 Å². The molecular formula is C47H37N3O. The van der Waals surface area contributed by atoms with E-state index in [-0.39, 0.29) is 0 Å². The number of fused-ring (bicyclic) bond motifs is 4. The molecule has 2 aromatic heterocycles. The Kier molecular flexibility index (Phi) is 6.40. The Balaban J connectivity index is 1.02. The van der Waals surface area contributed by atoms with E-state index in [1.54, 1.807) is 5.56 Å². The average molecular weight is 660 g/mol. The van der Waals surface area contributed by atoms with Crippen molar-refractivity contribution in [2.75, 3.05) is 0 Å². The van der Waals surface area contributed by atoms with Gasteiger partial charge >= 0.3 is 0 Å². The minimum Gasteiger partial charge on any atom is -0.456 e. The maximum Gasteiger partial charge on any atom is 0.164 e. The predicted molar refractivity (Wildman–Crippen MR) is 206 cm³/mol. The van der Waals surface area contributed by atoms with Gasteiger partial charge in [-0.15, -0.1) is 0 Å². The van der Waals surface area contributed by atoms with Crippen LogP contribution in [-0.4, -0.2) is 15.0 Å². The van der Waals surface area contributed by atoms with Crippen LogP contribution in [0.5, 0.6) is 0 Å². The van der Waals surface area contributed by atoms with Crippen molar-refractivity contribution in [2.45, 2.75) is 43.9 Å². The summed E-state index contributed by atoms with van der Waals surface area (Å²) in [5.74, 6) is 4.79. The van der Waals surface area contributed by atoms with Crippen LogP contribution in [-0.2, 0) is 5.41 Å². The van der Waals surface area contributed by atoms with Crippen LogP contribution >= 0.6 is 0 Å². The number of aromatic nitrogens is 3. The van der Waals surface area contributed by atoms with Gasteiger partial charge in [-0.3, -0.25) is 0 Å². The normalized spacial score (nSPS) is 22.3. The molecule has 0 saturated heterocycles. The largest absolute Gasteiger partial charge is 0.456 e. The van der Waals surface area contributed by atoms with Gasteiger partial charge in [-0.1, -0.05) is 103 Å². The molecule has 0 atom stereocenters. The number of hydrogen-bond acceptors (Lipinski definition) is 4. The summed E-state index contributed by atoms with van der Waals surface area (Å²) in [6, 6.07) is 47.4. The highest BCUT2D eigenvalue weighted by Crippen LogP contribution is 2.60. The number of hydrogen-bond donors (Lipinski definition) is 0. The summed E-state index contributed by atoms with van der Waals surface area (Å²) in [6.45, 7) is 0. The fraction of sp³-hybridized carbons (Fsp3) is 0.213. The van der Waals surface area contributed by atoms with Gasteiger partial charge in [0.2, 0.25) is 0 Å². The highest BCUT2D eigenvalue weighted by molar-refractivity contribution is 6.06. The molecule has 246 valence electrons. The molecule has 0 amide bonds. The van der Waals surface area contributed by atoms with E-state index in [4.69, 9.17) is 19.4 Å². The van der Waals surface area contributed by atoms with Gasteiger partial charge in [0.25, 0.3) is 0 Å². The van der Waals surface area contributed by atoms with E-state index in [9.17, 15) is 0 Å². The van der Waals surface area contributed by atoms with Crippen LogP contribution in [0.25, 0.3) is 78.0 Å². The molecule has 12 rings (SSSR count). The molecule has 4 bridgehead atoms. The highest BCUT2D eigenvalue weighted by Gasteiger charge is 2.51. The van der Waals surface area contributed by atoms with Gasteiger partial charge in [0.15, 0.2) is 17.5 Å². The summed E-state index contributed by atoms with van der Waals surface area (Å²) in [5, 5.41) is 4.47. The second kappa shape index (κ2) is 11.2. The Morgan fingerprint density at radius 2 is 0.980 bits per heavy atom. The van der Waals surface area contributed by atoms with Gasteiger partial charge in [-0.2, -0.15) is 0 Å². The second-order valence-corrected chi connectivity index (χ2v) is 15.5. The maximum absolute atomic E-state index is 6.13. The fourth-order valence-corrected chi connectivity index (χ4v) is 10.4. The van der Waals surface area contributed by atoms with E-state index in [1.165, 1.54) is 55.0 Å². The zero-order valence-corrected chi connectivity index (χ0v) is 28.4. The minimum absolute atomic E-state index is 0.404. The summed E-state index contributed by atoms with van der Waals surface area (Å²) in [5.41, 5.74) is 9.07. The molecule has 0 N–H and O–H groups in total. The monoisotopic (exact) mass is 659 g/mol. The topological polar surface area (TPSA) is 51.8 Å². The quantitative estimate of drug-likeness (QED) is 0.184. The Morgan fingerprint density at radius 1 is 0.431 bits per heavy atom. The minimum atomic E-state index is 0.404. The average Bonchev–Trinajstić information content (AvgIpc) is 3.55. The van der Waals surface area contributed by atoms with E-state index in [1.807, 2.05) is 48.5 Å². The molecule has 0 radical (unpaired) electrons. The SMILES string of the molecule is c1ccc(-c2nc(-c3ccc4oc5ccccc5c4c3)nc(-c3ccc(-c4ccc(C56CC7CC(CC(C7)C5)C6)cc4)c4ccccc34)n2)cc1. The van der Waals surface area contributed by atoms with Crippen molar-refractivity contribution in [2.24, 2.45) is 17.8 Å². The van der Waals surface area contributed by atoms with E-state index in [0.29, 0.717) is 22.9 Å². The summed E-state index contributed by atoms with van der Waals surface area (Å²) in [7, 11) is 0. The zero-order chi connectivity index (χ0) is 33.5. The van der Waals surface area contributed by atoms with Crippen molar-refractivity contribution >= 4 is 32.7 Å². The summed E-state index contributed by atoms with van der Waals surface area (Å²) >= 11 is 0. The highest BCUT2D eigenvalue weighted by atomic mass is 16.3. The van der Waals surface area contributed by atoms with Gasteiger partial charge in [-0.25, -0.2) is 15.0 Å². The van der Waals surface area contributed by atoms with Crippen molar-refractivity contribution in [3.05, 3.63) is 139 Å². The third-order valence-electron chi connectivity index (χ3n) is 12.3. The Hall–Kier alpha value is -5.61. The molecule has 0 unspecified atom stereocenters. The van der Waals surface area contributed by atoms with Crippen LogP contribution in [0, 0.1) is 17.8 Å². The fourth-order valence-electron chi connectivity index (χ4n) is 10.4. The van der Waals surface area contributed by atoms with Gasteiger partial charge in [0.05, 0.1) is 0 Å². The molecule has 0 spiro atoms. The van der Waals surface area contributed by atoms with Crippen molar-refractivity contribution in [3.8, 4) is 45.3 Å². The molecule has 6 aromatic carbocycles. The van der Waals surface area contributed by atoms with Crippen molar-refractivity contribution in [1.29, 1.82) is 0 Å². The van der Waals surface area contributed by atoms with Crippen LogP contribution in [0.15, 0.2) is 138 Å². The first-order valence-electron chi connectivity index (χ1n) is 18.5. The van der Waals surface area contributed by atoms with Gasteiger partial charge in [0, 0.05) is 27.5 Å². The smallest absolute Gasteiger partial charge is 0.164 e. The van der Waals surface area contributed by atoms with Crippen LogP contribution in [0.3, 0.4) is 0 Å². The van der Waals surface area contributed by atoms with E-state index < -0.39 is 0 Å². The first-order valence-corrected chi connectivity index (χ1v) is 18.5. The first kappa shape index (κ1) is 29.2. The summed E-state index contributed by atoms with van der Waals surface area (Å²) in [6.07, 6.45) is 8.59. The van der Waals surface area contributed by atoms with E-state index in [0.717, 1.165) is 61.8 Å². The molecule has 4 fully saturated rings. The predicted octanol–water partition coefficient (Wildman–Crippen LogP) is 12.1. The van der Waals surface area contributed by atoms with Crippen LogP contribution in [0.4, 0.5) is 0 Å². The molecule has 2 heterocycles. The van der Waals surface area contributed by atoms with Crippen molar-refractivity contribution in [1.82, 2.24) is 15.0 Å². The zero-order valence-electron chi connectivity index (χ0n) is 28.4. The number of furan rings is 1. The van der Waals surface area contributed by atoms with Crippen LogP contribution in [0.1, 0.15) is 44.1 Å². The molecule has 4 saturated carbocycles. The lowest BCUT2D eigenvalue weighted by Crippen LogP contribution is -2.48. The number of benzene rings is 6. The molecule has 4 heteroatoms. The van der Waals surface area contributed by atoms with Gasteiger partial charge in [0.1, 0.15) is 11.2 Å². The molecule has 51 heavy (non-hydrogen) atoms. The molecule has 4 aliphatic rings. The van der Waals surface area contributed by atoms with Crippen LogP contribution < -0.4 is 0 Å². The lowest BCUT2D eigenvalue weighted by atomic mass is 9.48. The van der Waals surface area contributed by atoms with Crippen molar-refractivity contribution < 1.29 is 4.42 Å². The lowest BCUT2D eigenvalue weighted by Gasteiger charge is -2.57. The van der Waals surface area contributed by atoms with Crippen LogP contribution in [0.2, 0.25) is 0 Å². The third kappa shape index (κ3) is 4.76. The molecule has 8 aromatic rings. The van der Waals surface area contributed by atoms with Gasteiger partial charge in [-0.05, 0) is 119 Å². The Bertz CT molecular complexity index is 2580. The standard InChI is InChI=1S/C47H37N3O/c1-2-8-33(9-3-1)44-48-45(34-16-21-43-41(25-34)39-12-6-7-13-42(39)51-43)50-46(49-44)40-20-19-36(37-10-4-5-11-38(37)40)32-14-17-35(18-15-32)47-26-29-22-30(27-47)24-31(23-29)28-47/h1-21,25,29-31H,22-24,26-28H2. The Labute approximate surface area is 297 Å². The maximum atomic E-state index is 6.13. The lowest BCUT2D eigenvalue weighted by molar-refractivity contribution is -0.00518. The number of rotatable bonds is 5.